The minimum Gasteiger partial charge on any atom is -0.363 e. The number of hydrogen-bond acceptors (Lipinski definition) is 3. The minimum atomic E-state index is 0.0741. The van der Waals surface area contributed by atoms with Crippen LogP contribution in [-0.4, -0.2) is 4.98 Å². The first-order chi connectivity index (χ1) is 6.83. The monoisotopic (exact) mass is 207 g/mol. The van der Waals surface area contributed by atoms with E-state index in [4.69, 9.17) is 5.84 Å². The predicted octanol–water partition coefficient (Wildman–Crippen LogP) is 1.94. The van der Waals surface area contributed by atoms with Crippen LogP contribution in [0.15, 0.2) is 29.8 Å². The predicted molar refractivity (Wildman–Crippen MR) is 59.0 cm³/mol. The lowest BCUT2D eigenvalue weighted by molar-refractivity contribution is 0.631. The van der Waals surface area contributed by atoms with E-state index in [-0.39, 0.29) is 6.04 Å². The molecular weight excluding hydrogens is 194 g/mol. The van der Waals surface area contributed by atoms with Crippen molar-refractivity contribution < 1.29 is 0 Å². The number of hydrogen-bond donors (Lipinski definition) is 3. The summed E-state index contributed by atoms with van der Waals surface area (Å²) in [6.07, 6.45) is 1.91. The summed E-state index contributed by atoms with van der Waals surface area (Å²) < 4.78 is 0. The van der Waals surface area contributed by atoms with Gasteiger partial charge in [-0.3, -0.25) is 5.84 Å². The van der Waals surface area contributed by atoms with Crippen LogP contribution in [0.5, 0.6) is 0 Å². The van der Waals surface area contributed by atoms with Crippen molar-refractivity contribution in [1.82, 2.24) is 10.4 Å². The van der Waals surface area contributed by atoms with Crippen molar-refractivity contribution in [2.75, 3.05) is 0 Å². The number of aromatic nitrogens is 1. The number of aryl methyl sites for hydroxylation is 1. The first-order valence-electron chi connectivity index (χ1n) is 4.46. The average Bonchev–Trinajstić information content (AvgIpc) is 2.80. The third kappa shape index (κ3) is 1.59. The van der Waals surface area contributed by atoms with E-state index in [1.807, 2.05) is 18.3 Å². The fourth-order valence-electron chi connectivity index (χ4n) is 1.51. The molecule has 0 saturated carbocycles. The Hall–Kier alpha value is -1.10. The quantitative estimate of drug-likeness (QED) is 0.532. The molecule has 0 radical (unpaired) electrons. The normalized spacial score (nSPS) is 13.0. The summed E-state index contributed by atoms with van der Waals surface area (Å²) in [6, 6.07) is 6.18. The third-order valence-electron chi connectivity index (χ3n) is 2.26. The Morgan fingerprint density at radius 3 is 2.86 bits per heavy atom. The van der Waals surface area contributed by atoms with E-state index < -0.39 is 0 Å². The molecule has 4 heteroatoms. The zero-order valence-corrected chi connectivity index (χ0v) is 8.77. The van der Waals surface area contributed by atoms with Crippen LogP contribution < -0.4 is 11.3 Å². The Morgan fingerprint density at radius 2 is 2.36 bits per heavy atom. The second kappa shape index (κ2) is 3.96. The van der Waals surface area contributed by atoms with E-state index in [1.165, 1.54) is 10.4 Å². The molecule has 0 aliphatic rings. The molecule has 0 aliphatic carbocycles. The summed E-state index contributed by atoms with van der Waals surface area (Å²) in [6.45, 7) is 2.10. The van der Waals surface area contributed by atoms with Gasteiger partial charge in [-0.25, -0.2) is 5.43 Å². The van der Waals surface area contributed by atoms with Crippen LogP contribution in [0.2, 0.25) is 0 Å². The molecule has 0 aromatic carbocycles. The molecule has 14 heavy (non-hydrogen) atoms. The maximum Gasteiger partial charge on any atom is 0.0953 e. The molecule has 0 fully saturated rings. The van der Waals surface area contributed by atoms with Gasteiger partial charge in [0.1, 0.15) is 0 Å². The molecule has 0 amide bonds. The van der Waals surface area contributed by atoms with Gasteiger partial charge in [0.05, 0.1) is 6.04 Å². The van der Waals surface area contributed by atoms with Crippen molar-refractivity contribution in [2.24, 2.45) is 5.84 Å². The number of nitrogens with two attached hydrogens (primary N) is 1. The highest BCUT2D eigenvalue weighted by molar-refractivity contribution is 7.10. The molecule has 0 spiro atoms. The largest absolute Gasteiger partial charge is 0.363 e. The fraction of sp³-hybridized carbons (Fsp3) is 0.200. The highest BCUT2D eigenvalue weighted by Crippen LogP contribution is 2.27. The topological polar surface area (TPSA) is 53.8 Å². The third-order valence-corrected chi connectivity index (χ3v) is 3.35. The van der Waals surface area contributed by atoms with Gasteiger partial charge in [-0.15, -0.1) is 11.3 Å². The number of H-pyrrole nitrogens is 1. The zero-order chi connectivity index (χ0) is 9.97. The maximum absolute atomic E-state index is 5.56. The maximum atomic E-state index is 5.56. The van der Waals surface area contributed by atoms with Crippen LogP contribution >= 0.6 is 11.3 Å². The van der Waals surface area contributed by atoms with Gasteiger partial charge in [-0.05, 0) is 36.1 Å². The van der Waals surface area contributed by atoms with E-state index in [0.717, 1.165) is 5.69 Å². The number of hydrazine groups is 1. The van der Waals surface area contributed by atoms with Gasteiger partial charge in [0.25, 0.3) is 0 Å². The molecule has 2 rings (SSSR count). The second-order valence-electron chi connectivity index (χ2n) is 3.19. The van der Waals surface area contributed by atoms with Gasteiger partial charge >= 0.3 is 0 Å². The molecule has 1 unspecified atom stereocenters. The average molecular weight is 207 g/mol. The Morgan fingerprint density at radius 1 is 1.50 bits per heavy atom. The summed E-state index contributed by atoms with van der Waals surface area (Å²) in [5, 5.41) is 2.08. The first-order valence-corrected chi connectivity index (χ1v) is 5.34. The lowest BCUT2D eigenvalue weighted by atomic mass is 10.1. The van der Waals surface area contributed by atoms with Crippen LogP contribution in [0.25, 0.3) is 0 Å². The molecule has 2 aromatic heterocycles. The number of thiophene rings is 1. The lowest BCUT2D eigenvalue weighted by Gasteiger charge is -2.13. The van der Waals surface area contributed by atoms with E-state index in [9.17, 15) is 0 Å². The van der Waals surface area contributed by atoms with E-state index in [1.54, 1.807) is 11.3 Å². The van der Waals surface area contributed by atoms with Crippen LogP contribution in [0.3, 0.4) is 0 Å². The highest BCUT2D eigenvalue weighted by Gasteiger charge is 2.15. The van der Waals surface area contributed by atoms with Crippen LogP contribution in [0.1, 0.15) is 22.2 Å². The molecule has 3 nitrogen and oxygen atoms in total. The first kappa shape index (κ1) is 9.45. The van der Waals surface area contributed by atoms with Gasteiger partial charge in [0, 0.05) is 16.8 Å². The van der Waals surface area contributed by atoms with Crippen molar-refractivity contribution in [2.45, 2.75) is 13.0 Å². The Bertz CT molecular complexity index is 391. The Kier molecular flexibility index (Phi) is 2.67. The van der Waals surface area contributed by atoms with Crippen molar-refractivity contribution in [3.8, 4) is 0 Å². The summed E-state index contributed by atoms with van der Waals surface area (Å²) >= 11 is 1.72. The molecular formula is C10H13N3S. The summed E-state index contributed by atoms with van der Waals surface area (Å²) in [5.41, 5.74) is 5.19. The molecule has 2 heterocycles. The fourth-order valence-corrected chi connectivity index (χ4v) is 2.51. The number of nitrogens with one attached hydrogen (secondary N) is 2. The second-order valence-corrected chi connectivity index (χ2v) is 4.14. The summed E-state index contributed by atoms with van der Waals surface area (Å²) in [4.78, 5) is 4.43. The SMILES string of the molecule is Cc1ccsc1C(NN)c1ccc[nH]1. The van der Waals surface area contributed by atoms with Crippen molar-refractivity contribution >= 4 is 11.3 Å². The number of aromatic amines is 1. The molecule has 0 aliphatic heterocycles. The van der Waals surface area contributed by atoms with Crippen molar-refractivity contribution in [1.29, 1.82) is 0 Å². The van der Waals surface area contributed by atoms with Crippen molar-refractivity contribution in [3.63, 3.8) is 0 Å². The molecule has 0 bridgehead atoms. The minimum absolute atomic E-state index is 0.0741. The van der Waals surface area contributed by atoms with E-state index >= 15 is 0 Å². The van der Waals surface area contributed by atoms with Gasteiger partial charge in [0.15, 0.2) is 0 Å². The Labute approximate surface area is 86.9 Å². The van der Waals surface area contributed by atoms with Gasteiger partial charge in [-0.1, -0.05) is 0 Å². The molecule has 1 atom stereocenters. The lowest BCUT2D eigenvalue weighted by Crippen LogP contribution is -2.28. The van der Waals surface area contributed by atoms with Gasteiger partial charge < -0.3 is 4.98 Å². The number of rotatable bonds is 3. The van der Waals surface area contributed by atoms with E-state index in [0.29, 0.717) is 0 Å². The van der Waals surface area contributed by atoms with Crippen molar-refractivity contribution in [3.05, 3.63) is 45.9 Å². The van der Waals surface area contributed by atoms with Crippen LogP contribution in [0, 0.1) is 6.92 Å². The van der Waals surface area contributed by atoms with Crippen LogP contribution in [0.4, 0.5) is 0 Å². The van der Waals surface area contributed by atoms with Crippen LogP contribution in [-0.2, 0) is 0 Å². The molecule has 4 N–H and O–H groups in total. The summed E-state index contributed by atoms with van der Waals surface area (Å²) in [5.74, 6) is 5.56. The molecule has 2 aromatic rings. The van der Waals surface area contributed by atoms with Gasteiger partial charge in [0.2, 0.25) is 0 Å². The van der Waals surface area contributed by atoms with Gasteiger partial charge in [-0.2, -0.15) is 0 Å². The molecule has 0 saturated heterocycles. The zero-order valence-electron chi connectivity index (χ0n) is 7.95. The smallest absolute Gasteiger partial charge is 0.0953 e. The van der Waals surface area contributed by atoms with E-state index in [2.05, 4.69) is 28.8 Å². The summed E-state index contributed by atoms with van der Waals surface area (Å²) in [7, 11) is 0. The Balaban J connectivity index is 2.36. The highest BCUT2D eigenvalue weighted by atomic mass is 32.1. The standard InChI is InChI=1S/C10H13N3S/c1-7-4-6-14-10(7)9(13-11)8-3-2-5-12-8/h2-6,9,12-13H,11H2,1H3. The molecule has 74 valence electrons.